The standard InChI is InChI=1S/C26H23ClO3S.CH2O3/c1-30-26(29)23-4-2-3-5-24(23)31-22-15-12-20(16-22)25(28)19-8-6-17(7-9-19)18-10-13-21(27)14-11-18;2-1(3)4/h2-11,13-14,20,22H,12,15-16H2,1H3;(H2,2,3,4)/t20-,22-;/m1./s1. The van der Waals surface area contributed by atoms with Crippen molar-refractivity contribution in [3.63, 3.8) is 0 Å². The topological polar surface area (TPSA) is 101 Å². The molecular formula is C27H25ClO6S. The fraction of sp³-hybridized carbons (Fsp3) is 0.222. The molecule has 1 saturated carbocycles. The van der Waals surface area contributed by atoms with Crippen LogP contribution in [0.15, 0.2) is 77.7 Å². The first-order valence-corrected chi connectivity index (χ1v) is 12.2. The molecule has 182 valence electrons. The molecule has 6 nitrogen and oxygen atoms in total. The highest BCUT2D eigenvalue weighted by Crippen LogP contribution is 2.40. The van der Waals surface area contributed by atoms with Gasteiger partial charge in [0.2, 0.25) is 0 Å². The molecule has 0 heterocycles. The second-order valence-electron chi connectivity index (χ2n) is 7.97. The predicted molar refractivity (Wildman–Crippen MR) is 137 cm³/mol. The Labute approximate surface area is 212 Å². The first-order valence-electron chi connectivity index (χ1n) is 10.9. The lowest BCUT2D eigenvalue weighted by molar-refractivity contribution is 0.0596. The Morgan fingerprint density at radius 1 is 0.886 bits per heavy atom. The largest absolute Gasteiger partial charge is 0.503 e. The number of hydrogen-bond donors (Lipinski definition) is 2. The van der Waals surface area contributed by atoms with Crippen LogP contribution in [0.3, 0.4) is 0 Å². The molecule has 0 aliphatic heterocycles. The SMILES string of the molecule is COC(=O)c1ccccc1S[C@@H]1CC[C@@H](C(=O)c2ccc(-c3ccc(Cl)cc3)cc2)C1.O=C(O)O. The summed E-state index contributed by atoms with van der Waals surface area (Å²) in [6.45, 7) is 0. The summed E-state index contributed by atoms with van der Waals surface area (Å²) in [6, 6.07) is 23.0. The van der Waals surface area contributed by atoms with Crippen molar-refractivity contribution in [1.82, 2.24) is 0 Å². The van der Waals surface area contributed by atoms with Gasteiger partial charge in [0.25, 0.3) is 0 Å². The van der Waals surface area contributed by atoms with E-state index in [0.29, 0.717) is 15.8 Å². The first kappa shape index (κ1) is 26.3. The van der Waals surface area contributed by atoms with Crippen molar-refractivity contribution in [2.45, 2.75) is 29.4 Å². The minimum Gasteiger partial charge on any atom is -0.465 e. The molecule has 4 rings (SSSR count). The van der Waals surface area contributed by atoms with E-state index in [-0.39, 0.29) is 17.7 Å². The highest BCUT2D eigenvalue weighted by molar-refractivity contribution is 8.00. The number of rotatable bonds is 6. The quantitative estimate of drug-likeness (QED) is 0.267. The number of ketones is 1. The van der Waals surface area contributed by atoms with Crippen LogP contribution in [0.2, 0.25) is 5.02 Å². The molecule has 1 fully saturated rings. The van der Waals surface area contributed by atoms with E-state index >= 15 is 0 Å². The maximum absolute atomic E-state index is 13.1. The summed E-state index contributed by atoms with van der Waals surface area (Å²) in [5.74, 6) is -0.106. The minimum absolute atomic E-state index is 0.0178. The van der Waals surface area contributed by atoms with E-state index < -0.39 is 6.16 Å². The fourth-order valence-corrected chi connectivity index (χ4v) is 5.52. The van der Waals surface area contributed by atoms with E-state index in [1.54, 1.807) is 17.8 Å². The summed E-state index contributed by atoms with van der Waals surface area (Å²) in [6.07, 6.45) is 0.813. The molecule has 3 aromatic carbocycles. The minimum atomic E-state index is -1.83. The summed E-state index contributed by atoms with van der Waals surface area (Å²) in [7, 11) is 1.40. The number of thioether (sulfide) groups is 1. The number of hydrogen-bond acceptors (Lipinski definition) is 5. The molecule has 1 aliphatic carbocycles. The normalized spacial score (nSPS) is 16.6. The number of carboxylic acid groups (broad SMARTS) is 2. The lowest BCUT2D eigenvalue weighted by Gasteiger charge is -2.13. The Balaban J connectivity index is 0.000000795. The molecule has 0 saturated heterocycles. The van der Waals surface area contributed by atoms with Crippen LogP contribution in [-0.4, -0.2) is 40.5 Å². The molecule has 0 bridgehead atoms. The Morgan fingerprint density at radius 3 is 2.06 bits per heavy atom. The third-order valence-electron chi connectivity index (χ3n) is 5.69. The summed E-state index contributed by atoms with van der Waals surface area (Å²) in [5.41, 5.74) is 3.48. The molecule has 0 aromatic heterocycles. The van der Waals surface area contributed by atoms with Gasteiger partial charge in [0.1, 0.15) is 0 Å². The van der Waals surface area contributed by atoms with Crippen LogP contribution >= 0.6 is 23.4 Å². The number of halogens is 1. The molecule has 3 aromatic rings. The van der Waals surface area contributed by atoms with Gasteiger partial charge in [-0.05, 0) is 54.7 Å². The molecule has 0 spiro atoms. The molecule has 8 heteroatoms. The van der Waals surface area contributed by atoms with Gasteiger partial charge >= 0.3 is 12.1 Å². The zero-order valence-electron chi connectivity index (χ0n) is 19.0. The lowest BCUT2D eigenvalue weighted by Crippen LogP contribution is -2.12. The summed E-state index contributed by atoms with van der Waals surface area (Å²) < 4.78 is 4.89. The molecule has 0 unspecified atom stereocenters. The van der Waals surface area contributed by atoms with Crippen molar-refractivity contribution < 1.29 is 29.3 Å². The van der Waals surface area contributed by atoms with Crippen molar-refractivity contribution in [3.8, 4) is 11.1 Å². The summed E-state index contributed by atoms with van der Waals surface area (Å²) >= 11 is 7.64. The Bertz CT molecular complexity index is 1170. The van der Waals surface area contributed by atoms with E-state index in [1.165, 1.54) is 7.11 Å². The fourth-order valence-electron chi connectivity index (χ4n) is 4.02. The lowest BCUT2D eigenvalue weighted by atomic mass is 9.94. The second-order valence-corrected chi connectivity index (χ2v) is 9.75. The zero-order valence-corrected chi connectivity index (χ0v) is 20.6. The monoisotopic (exact) mass is 512 g/mol. The Kier molecular flexibility index (Phi) is 9.34. The van der Waals surface area contributed by atoms with Gasteiger partial charge < -0.3 is 14.9 Å². The van der Waals surface area contributed by atoms with Gasteiger partial charge in [-0.3, -0.25) is 4.79 Å². The molecule has 1 aliphatic rings. The number of carbonyl (C=O) groups excluding carboxylic acids is 2. The first-order chi connectivity index (χ1) is 16.8. The average Bonchev–Trinajstić information content (AvgIpc) is 3.32. The van der Waals surface area contributed by atoms with Crippen molar-refractivity contribution in [3.05, 3.63) is 88.9 Å². The van der Waals surface area contributed by atoms with Crippen molar-refractivity contribution >= 4 is 41.3 Å². The van der Waals surface area contributed by atoms with Gasteiger partial charge in [-0.2, -0.15) is 0 Å². The number of methoxy groups -OCH3 is 1. The maximum atomic E-state index is 13.1. The number of Topliss-reactive ketones (excluding diaryl/α,β-unsaturated/α-hetero) is 1. The molecule has 2 atom stereocenters. The molecule has 35 heavy (non-hydrogen) atoms. The van der Waals surface area contributed by atoms with E-state index in [0.717, 1.165) is 40.8 Å². The van der Waals surface area contributed by atoms with Gasteiger partial charge in [-0.15, -0.1) is 11.8 Å². The number of carbonyl (C=O) groups is 3. The third-order valence-corrected chi connectivity index (χ3v) is 7.31. The van der Waals surface area contributed by atoms with Gasteiger partial charge in [0, 0.05) is 26.6 Å². The Hall–Kier alpha value is -3.29. The van der Waals surface area contributed by atoms with Crippen molar-refractivity contribution in [1.29, 1.82) is 0 Å². The van der Waals surface area contributed by atoms with Crippen LogP contribution in [0.1, 0.15) is 40.0 Å². The van der Waals surface area contributed by atoms with Crippen LogP contribution in [-0.2, 0) is 4.74 Å². The molecular weight excluding hydrogens is 488 g/mol. The number of benzene rings is 3. The number of ether oxygens (including phenoxy) is 1. The zero-order chi connectivity index (χ0) is 25.4. The average molecular weight is 513 g/mol. The van der Waals surface area contributed by atoms with Crippen molar-refractivity contribution in [2.24, 2.45) is 5.92 Å². The Morgan fingerprint density at radius 2 is 1.46 bits per heavy atom. The van der Waals surface area contributed by atoms with E-state index in [4.69, 9.17) is 31.3 Å². The smallest absolute Gasteiger partial charge is 0.465 e. The van der Waals surface area contributed by atoms with Crippen LogP contribution in [0.25, 0.3) is 11.1 Å². The van der Waals surface area contributed by atoms with Gasteiger partial charge in [-0.25, -0.2) is 9.59 Å². The molecule has 2 N–H and O–H groups in total. The van der Waals surface area contributed by atoms with Gasteiger partial charge in [-0.1, -0.05) is 60.1 Å². The van der Waals surface area contributed by atoms with Gasteiger partial charge in [0.15, 0.2) is 5.78 Å². The molecule has 0 amide bonds. The predicted octanol–water partition coefficient (Wildman–Crippen LogP) is 7.16. The third kappa shape index (κ3) is 7.34. The van der Waals surface area contributed by atoms with E-state index in [9.17, 15) is 9.59 Å². The second kappa shape index (κ2) is 12.4. The van der Waals surface area contributed by atoms with E-state index in [2.05, 4.69) is 0 Å². The van der Waals surface area contributed by atoms with Crippen molar-refractivity contribution in [2.75, 3.05) is 7.11 Å². The molecule has 0 radical (unpaired) electrons. The van der Waals surface area contributed by atoms with Crippen LogP contribution in [0.5, 0.6) is 0 Å². The summed E-state index contributed by atoms with van der Waals surface area (Å²) in [4.78, 5) is 34.5. The summed E-state index contributed by atoms with van der Waals surface area (Å²) in [5, 5.41) is 15.0. The van der Waals surface area contributed by atoms with Crippen LogP contribution in [0.4, 0.5) is 4.79 Å². The van der Waals surface area contributed by atoms with Crippen LogP contribution < -0.4 is 0 Å². The van der Waals surface area contributed by atoms with E-state index in [1.807, 2.05) is 66.7 Å². The van der Waals surface area contributed by atoms with Gasteiger partial charge in [0.05, 0.1) is 12.7 Å². The highest BCUT2D eigenvalue weighted by atomic mass is 35.5. The highest BCUT2D eigenvalue weighted by Gasteiger charge is 2.31. The number of esters is 1. The maximum Gasteiger partial charge on any atom is 0.503 e. The van der Waals surface area contributed by atoms with Crippen LogP contribution in [0, 0.1) is 5.92 Å².